The van der Waals surface area contributed by atoms with Crippen LogP contribution in [-0.4, -0.2) is 19.7 Å². The standard InChI is InChI=1S/C14H14O5/c1-4-18-14(16)12-8(2)19-13(15)11-7-9(17-3)5-6-10(11)12/h5-7H,4H2,1-3H3. The van der Waals surface area contributed by atoms with Gasteiger partial charge in [-0.05, 0) is 32.0 Å². The van der Waals surface area contributed by atoms with Crippen molar-refractivity contribution in [3.8, 4) is 5.75 Å². The second kappa shape index (κ2) is 5.14. The Morgan fingerprint density at radius 1 is 1.32 bits per heavy atom. The monoisotopic (exact) mass is 262 g/mol. The van der Waals surface area contributed by atoms with Crippen molar-refractivity contribution in [3.63, 3.8) is 0 Å². The maximum atomic E-state index is 11.9. The van der Waals surface area contributed by atoms with Crippen LogP contribution in [0.4, 0.5) is 0 Å². The fourth-order valence-electron chi connectivity index (χ4n) is 1.93. The van der Waals surface area contributed by atoms with Gasteiger partial charge in [0, 0.05) is 5.39 Å². The third kappa shape index (κ3) is 2.31. The summed E-state index contributed by atoms with van der Waals surface area (Å²) in [6.07, 6.45) is 0. The number of ether oxygens (including phenoxy) is 2. The van der Waals surface area contributed by atoms with Crippen LogP contribution in [0, 0.1) is 6.92 Å². The largest absolute Gasteiger partial charge is 0.497 e. The van der Waals surface area contributed by atoms with Gasteiger partial charge in [-0.1, -0.05) is 0 Å². The molecule has 0 fully saturated rings. The zero-order chi connectivity index (χ0) is 14.0. The Bertz CT molecular complexity index is 684. The van der Waals surface area contributed by atoms with Gasteiger partial charge in [-0.25, -0.2) is 9.59 Å². The SMILES string of the molecule is CCOC(=O)c1c(C)oc(=O)c2cc(OC)ccc12. The molecule has 0 radical (unpaired) electrons. The number of aryl methyl sites for hydroxylation is 1. The summed E-state index contributed by atoms with van der Waals surface area (Å²) in [5.41, 5.74) is -0.224. The van der Waals surface area contributed by atoms with E-state index in [-0.39, 0.29) is 17.9 Å². The average molecular weight is 262 g/mol. The Morgan fingerprint density at radius 3 is 2.68 bits per heavy atom. The highest BCUT2D eigenvalue weighted by Crippen LogP contribution is 2.24. The number of rotatable bonds is 3. The smallest absolute Gasteiger partial charge is 0.343 e. The van der Waals surface area contributed by atoms with Crippen LogP contribution in [0.25, 0.3) is 10.8 Å². The summed E-state index contributed by atoms with van der Waals surface area (Å²) >= 11 is 0. The number of carbonyl (C=O) groups excluding carboxylic acids is 1. The summed E-state index contributed by atoms with van der Waals surface area (Å²) in [6.45, 7) is 3.55. The van der Waals surface area contributed by atoms with Crippen molar-refractivity contribution >= 4 is 16.7 Å². The first-order valence-electron chi connectivity index (χ1n) is 5.87. The minimum atomic E-state index is -0.501. The lowest BCUT2D eigenvalue weighted by Crippen LogP contribution is -2.12. The Balaban J connectivity index is 2.77. The zero-order valence-electron chi connectivity index (χ0n) is 11.0. The van der Waals surface area contributed by atoms with Crippen LogP contribution in [0.2, 0.25) is 0 Å². The predicted molar refractivity (Wildman–Crippen MR) is 69.7 cm³/mol. The summed E-state index contributed by atoms with van der Waals surface area (Å²) in [4.78, 5) is 23.8. The molecule has 0 aliphatic carbocycles. The van der Waals surface area contributed by atoms with E-state index >= 15 is 0 Å². The van der Waals surface area contributed by atoms with Crippen LogP contribution < -0.4 is 10.4 Å². The third-order valence-corrected chi connectivity index (χ3v) is 2.79. The van der Waals surface area contributed by atoms with Gasteiger partial charge < -0.3 is 13.9 Å². The number of esters is 1. The van der Waals surface area contributed by atoms with E-state index in [1.807, 2.05) is 0 Å². The highest BCUT2D eigenvalue weighted by molar-refractivity contribution is 6.05. The molecule has 2 rings (SSSR count). The molecule has 0 unspecified atom stereocenters. The van der Waals surface area contributed by atoms with Gasteiger partial charge in [0.05, 0.1) is 19.1 Å². The number of hydrogen-bond acceptors (Lipinski definition) is 5. The van der Waals surface area contributed by atoms with Crippen LogP contribution in [0.5, 0.6) is 5.75 Å². The molecule has 0 aliphatic rings. The van der Waals surface area contributed by atoms with Crippen molar-refractivity contribution in [2.24, 2.45) is 0 Å². The highest BCUT2D eigenvalue weighted by Gasteiger charge is 2.19. The van der Waals surface area contributed by atoms with Crippen molar-refractivity contribution in [2.75, 3.05) is 13.7 Å². The molecule has 0 aliphatic heterocycles. The van der Waals surface area contributed by atoms with E-state index in [1.54, 1.807) is 32.0 Å². The molecule has 0 saturated carbocycles. The number of carbonyl (C=O) groups is 1. The molecule has 19 heavy (non-hydrogen) atoms. The van der Waals surface area contributed by atoms with E-state index in [2.05, 4.69) is 0 Å². The molecular formula is C14H14O5. The van der Waals surface area contributed by atoms with Crippen LogP contribution >= 0.6 is 0 Å². The quantitative estimate of drug-likeness (QED) is 0.794. The fraction of sp³-hybridized carbons (Fsp3) is 0.286. The Morgan fingerprint density at radius 2 is 2.05 bits per heavy atom. The average Bonchev–Trinajstić information content (AvgIpc) is 2.38. The minimum Gasteiger partial charge on any atom is -0.497 e. The summed E-state index contributed by atoms with van der Waals surface area (Å²) in [5, 5.41) is 0.806. The lowest BCUT2D eigenvalue weighted by molar-refractivity contribution is 0.0524. The third-order valence-electron chi connectivity index (χ3n) is 2.79. The maximum absolute atomic E-state index is 11.9. The van der Waals surface area contributed by atoms with Crippen LogP contribution in [0.15, 0.2) is 27.4 Å². The fourth-order valence-corrected chi connectivity index (χ4v) is 1.93. The van der Waals surface area contributed by atoms with Gasteiger partial charge in [0.25, 0.3) is 0 Å². The second-order valence-corrected chi connectivity index (χ2v) is 3.95. The molecule has 1 aromatic carbocycles. The van der Waals surface area contributed by atoms with Gasteiger partial charge in [0.2, 0.25) is 0 Å². The topological polar surface area (TPSA) is 65.7 Å². The normalized spacial score (nSPS) is 10.5. The van der Waals surface area contributed by atoms with Gasteiger partial charge in [0.15, 0.2) is 0 Å². The zero-order valence-corrected chi connectivity index (χ0v) is 11.0. The number of methoxy groups -OCH3 is 1. The summed E-state index contributed by atoms with van der Waals surface area (Å²) in [6, 6.07) is 4.89. The van der Waals surface area contributed by atoms with Gasteiger partial charge in [-0.3, -0.25) is 0 Å². The first kappa shape index (κ1) is 13.1. The van der Waals surface area contributed by atoms with E-state index in [0.717, 1.165) is 0 Å². The first-order valence-corrected chi connectivity index (χ1v) is 5.87. The Kier molecular flexibility index (Phi) is 3.55. The van der Waals surface area contributed by atoms with Crippen LogP contribution in [0.1, 0.15) is 23.0 Å². The lowest BCUT2D eigenvalue weighted by atomic mass is 10.1. The molecule has 0 amide bonds. The molecule has 0 saturated heterocycles. The van der Waals surface area contributed by atoms with E-state index in [1.165, 1.54) is 7.11 Å². The predicted octanol–water partition coefficient (Wildman–Crippen LogP) is 2.29. The van der Waals surface area contributed by atoms with Crippen molar-refractivity contribution in [1.29, 1.82) is 0 Å². The molecule has 100 valence electrons. The Hall–Kier alpha value is -2.30. The maximum Gasteiger partial charge on any atom is 0.343 e. The van der Waals surface area contributed by atoms with Gasteiger partial charge in [-0.2, -0.15) is 0 Å². The van der Waals surface area contributed by atoms with E-state index in [0.29, 0.717) is 16.5 Å². The molecule has 5 nitrogen and oxygen atoms in total. The van der Waals surface area contributed by atoms with E-state index < -0.39 is 11.6 Å². The number of fused-ring (bicyclic) bond motifs is 1. The molecule has 1 aromatic heterocycles. The molecule has 0 spiro atoms. The van der Waals surface area contributed by atoms with E-state index in [9.17, 15) is 9.59 Å². The van der Waals surface area contributed by atoms with E-state index in [4.69, 9.17) is 13.9 Å². The van der Waals surface area contributed by atoms with Crippen molar-refractivity contribution in [1.82, 2.24) is 0 Å². The highest BCUT2D eigenvalue weighted by atomic mass is 16.5. The first-order chi connectivity index (χ1) is 9.08. The molecule has 0 bridgehead atoms. The molecule has 0 atom stereocenters. The molecule has 5 heteroatoms. The molecule has 2 aromatic rings. The van der Waals surface area contributed by atoms with Crippen molar-refractivity contribution < 1.29 is 18.7 Å². The number of hydrogen-bond donors (Lipinski definition) is 0. The summed E-state index contributed by atoms with van der Waals surface area (Å²) in [7, 11) is 1.50. The number of benzene rings is 1. The minimum absolute atomic E-state index is 0.251. The Labute approximate surface area is 109 Å². The molecule has 0 N–H and O–H groups in total. The summed E-state index contributed by atoms with van der Waals surface area (Å²) in [5.74, 6) is 0.276. The van der Waals surface area contributed by atoms with Crippen molar-refractivity contribution in [3.05, 3.63) is 39.9 Å². The second-order valence-electron chi connectivity index (χ2n) is 3.95. The van der Waals surface area contributed by atoms with Gasteiger partial charge in [-0.15, -0.1) is 0 Å². The van der Waals surface area contributed by atoms with Crippen LogP contribution in [-0.2, 0) is 4.74 Å². The molecule has 1 heterocycles. The van der Waals surface area contributed by atoms with Crippen LogP contribution in [0.3, 0.4) is 0 Å². The summed E-state index contributed by atoms with van der Waals surface area (Å²) < 4.78 is 15.1. The lowest BCUT2D eigenvalue weighted by Gasteiger charge is -2.08. The van der Waals surface area contributed by atoms with Crippen molar-refractivity contribution in [2.45, 2.75) is 13.8 Å². The van der Waals surface area contributed by atoms with Gasteiger partial charge in [0.1, 0.15) is 17.1 Å². The molecular weight excluding hydrogens is 248 g/mol. The van der Waals surface area contributed by atoms with Gasteiger partial charge >= 0.3 is 11.6 Å².